The zero-order chi connectivity index (χ0) is 22.4. The Morgan fingerprint density at radius 1 is 1.03 bits per heavy atom. The van der Waals surface area contributed by atoms with Crippen molar-refractivity contribution in [3.8, 4) is 17.2 Å². The van der Waals surface area contributed by atoms with E-state index in [1.807, 2.05) is 0 Å². The SMILES string of the molecule is COc1cccc(OC)c1OCC(=O)Nc1ccc(C)c(S(=O)(=O)N2CCCCC2)c1. The summed E-state index contributed by atoms with van der Waals surface area (Å²) in [6.07, 6.45) is 2.76. The first-order chi connectivity index (χ1) is 14.9. The third-order valence-corrected chi connectivity index (χ3v) is 7.18. The number of nitrogens with one attached hydrogen (secondary N) is 1. The van der Waals surface area contributed by atoms with Crippen LogP contribution in [-0.4, -0.2) is 52.5 Å². The molecule has 2 aromatic carbocycles. The molecule has 8 nitrogen and oxygen atoms in total. The van der Waals surface area contributed by atoms with Gasteiger partial charge in [-0.2, -0.15) is 4.31 Å². The number of nitrogens with zero attached hydrogens (tertiary/aromatic N) is 1. The second-order valence-corrected chi connectivity index (χ2v) is 9.18. The Morgan fingerprint density at radius 3 is 2.29 bits per heavy atom. The fourth-order valence-corrected chi connectivity index (χ4v) is 5.26. The average Bonchev–Trinajstić information content (AvgIpc) is 2.79. The van der Waals surface area contributed by atoms with Crippen molar-refractivity contribution in [3.05, 3.63) is 42.0 Å². The number of benzene rings is 2. The number of amides is 1. The number of sulfonamides is 1. The molecule has 1 amide bonds. The van der Waals surface area contributed by atoms with E-state index in [-0.39, 0.29) is 11.5 Å². The molecule has 1 heterocycles. The summed E-state index contributed by atoms with van der Waals surface area (Å²) < 4.78 is 43.8. The summed E-state index contributed by atoms with van der Waals surface area (Å²) in [7, 11) is -0.610. The van der Waals surface area contributed by atoms with E-state index in [1.165, 1.54) is 24.6 Å². The monoisotopic (exact) mass is 448 g/mol. The zero-order valence-electron chi connectivity index (χ0n) is 18.0. The normalized spacial score (nSPS) is 14.7. The van der Waals surface area contributed by atoms with Crippen LogP contribution in [0.1, 0.15) is 24.8 Å². The van der Waals surface area contributed by atoms with Crippen molar-refractivity contribution in [1.82, 2.24) is 4.31 Å². The molecule has 3 rings (SSSR count). The summed E-state index contributed by atoms with van der Waals surface area (Å²) in [4.78, 5) is 12.7. The molecular weight excluding hydrogens is 420 g/mol. The van der Waals surface area contributed by atoms with Gasteiger partial charge < -0.3 is 19.5 Å². The Balaban J connectivity index is 1.72. The van der Waals surface area contributed by atoms with Crippen LogP contribution in [0, 0.1) is 6.92 Å². The molecule has 168 valence electrons. The van der Waals surface area contributed by atoms with Crippen molar-refractivity contribution >= 4 is 21.6 Å². The number of methoxy groups -OCH3 is 2. The van der Waals surface area contributed by atoms with Crippen molar-refractivity contribution in [3.63, 3.8) is 0 Å². The fourth-order valence-electron chi connectivity index (χ4n) is 3.49. The molecule has 0 aliphatic carbocycles. The predicted molar refractivity (Wildman–Crippen MR) is 117 cm³/mol. The number of rotatable bonds is 8. The number of hydrogen-bond acceptors (Lipinski definition) is 6. The second kappa shape index (κ2) is 10.0. The maximum atomic E-state index is 13.1. The van der Waals surface area contributed by atoms with Crippen molar-refractivity contribution < 1.29 is 27.4 Å². The molecule has 1 N–H and O–H groups in total. The minimum absolute atomic E-state index is 0.208. The lowest BCUT2D eigenvalue weighted by molar-refractivity contribution is -0.118. The smallest absolute Gasteiger partial charge is 0.262 e. The van der Waals surface area contributed by atoms with Gasteiger partial charge in [-0.05, 0) is 49.6 Å². The van der Waals surface area contributed by atoms with Gasteiger partial charge in [0.25, 0.3) is 5.91 Å². The van der Waals surface area contributed by atoms with Gasteiger partial charge in [0.1, 0.15) is 0 Å². The van der Waals surface area contributed by atoms with Gasteiger partial charge in [0.05, 0.1) is 19.1 Å². The standard InChI is InChI=1S/C22H28N2O6S/c1-16-10-11-17(14-20(16)31(26,27)24-12-5-4-6-13-24)23-21(25)15-30-22-18(28-2)8-7-9-19(22)29-3/h7-11,14H,4-6,12-13,15H2,1-3H3,(H,23,25). The number of piperidine rings is 1. The van der Waals surface area contributed by atoms with Gasteiger partial charge in [-0.3, -0.25) is 4.79 Å². The van der Waals surface area contributed by atoms with Crippen LogP contribution in [0.3, 0.4) is 0 Å². The first-order valence-electron chi connectivity index (χ1n) is 10.1. The van der Waals surface area contributed by atoms with E-state index >= 15 is 0 Å². The molecule has 9 heteroatoms. The summed E-state index contributed by atoms with van der Waals surface area (Å²) in [6.45, 7) is 2.50. The lowest BCUT2D eigenvalue weighted by Gasteiger charge is -2.26. The second-order valence-electron chi connectivity index (χ2n) is 7.27. The maximum Gasteiger partial charge on any atom is 0.262 e. The van der Waals surface area contributed by atoms with Crippen molar-refractivity contribution in [2.45, 2.75) is 31.1 Å². The molecule has 1 aliphatic heterocycles. The minimum atomic E-state index is -3.61. The molecule has 1 aliphatic rings. The highest BCUT2D eigenvalue weighted by molar-refractivity contribution is 7.89. The number of para-hydroxylation sites is 1. The van der Waals surface area contributed by atoms with Gasteiger partial charge in [-0.25, -0.2) is 8.42 Å². The van der Waals surface area contributed by atoms with Crippen molar-refractivity contribution in [2.75, 3.05) is 39.2 Å². The van der Waals surface area contributed by atoms with Crippen LogP contribution in [0.2, 0.25) is 0 Å². The Labute approximate surface area is 183 Å². The largest absolute Gasteiger partial charge is 0.493 e. The molecular formula is C22H28N2O6S. The first kappa shape index (κ1) is 22.9. The fraction of sp³-hybridized carbons (Fsp3) is 0.409. The average molecular weight is 449 g/mol. The van der Waals surface area contributed by atoms with E-state index in [2.05, 4.69) is 5.32 Å². The Morgan fingerprint density at radius 2 is 1.68 bits per heavy atom. The van der Waals surface area contributed by atoms with E-state index in [4.69, 9.17) is 14.2 Å². The van der Waals surface area contributed by atoms with E-state index in [0.717, 1.165) is 19.3 Å². The highest BCUT2D eigenvalue weighted by Crippen LogP contribution is 2.36. The number of hydrogen-bond donors (Lipinski definition) is 1. The van der Waals surface area contributed by atoms with E-state index in [0.29, 0.717) is 41.6 Å². The van der Waals surface area contributed by atoms with Gasteiger partial charge in [0.15, 0.2) is 18.1 Å². The zero-order valence-corrected chi connectivity index (χ0v) is 18.8. The number of anilines is 1. The number of aryl methyl sites for hydroxylation is 1. The van der Waals surface area contributed by atoms with Crippen LogP contribution >= 0.6 is 0 Å². The van der Waals surface area contributed by atoms with Gasteiger partial charge in [0.2, 0.25) is 15.8 Å². The predicted octanol–water partition coefficient (Wildman–Crippen LogP) is 3.20. The molecule has 0 saturated carbocycles. The molecule has 0 aromatic heterocycles. The Bertz CT molecular complexity index is 1010. The van der Waals surface area contributed by atoms with Gasteiger partial charge in [0, 0.05) is 18.8 Å². The summed E-state index contributed by atoms with van der Waals surface area (Å²) >= 11 is 0. The van der Waals surface area contributed by atoms with Crippen LogP contribution in [-0.2, 0) is 14.8 Å². The van der Waals surface area contributed by atoms with Crippen LogP contribution in [0.5, 0.6) is 17.2 Å². The van der Waals surface area contributed by atoms with Crippen molar-refractivity contribution in [1.29, 1.82) is 0 Å². The first-order valence-corrected chi connectivity index (χ1v) is 11.5. The van der Waals surface area contributed by atoms with Crippen molar-refractivity contribution in [2.24, 2.45) is 0 Å². The third kappa shape index (κ3) is 5.29. The highest BCUT2D eigenvalue weighted by Gasteiger charge is 2.27. The summed E-state index contributed by atoms with van der Waals surface area (Å²) in [5, 5.41) is 2.70. The molecule has 1 fully saturated rings. The Hall–Kier alpha value is -2.78. The molecule has 2 aromatic rings. The third-order valence-electron chi connectivity index (χ3n) is 5.13. The van der Waals surface area contributed by atoms with Crippen LogP contribution in [0.25, 0.3) is 0 Å². The summed E-state index contributed by atoms with van der Waals surface area (Å²) in [5.41, 5.74) is 1.03. The molecule has 0 bridgehead atoms. The summed E-state index contributed by atoms with van der Waals surface area (Å²) in [5.74, 6) is 0.771. The number of ether oxygens (including phenoxy) is 3. The van der Waals surface area contributed by atoms with Crippen LogP contribution in [0.4, 0.5) is 5.69 Å². The quantitative estimate of drug-likeness (QED) is 0.667. The molecule has 0 radical (unpaired) electrons. The molecule has 0 unspecified atom stereocenters. The van der Waals surface area contributed by atoms with Gasteiger partial charge in [-0.1, -0.05) is 18.6 Å². The van der Waals surface area contributed by atoms with E-state index in [1.54, 1.807) is 37.3 Å². The topological polar surface area (TPSA) is 94.2 Å². The molecule has 31 heavy (non-hydrogen) atoms. The molecule has 1 saturated heterocycles. The van der Waals surface area contributed by atoms with E-state index in [9.17, 15) is 13.2 Å². The summed E-state index contributed by atoms with van der Waals surface area (Å²) in [6, 6.07) is 10.0. The lowest BCUT2D eigenvalue weighted by atomic mass is 10.2. The van der Waals surface area contributed by atoms with Gasteiger partial charge >= 0.3 is 0 Å². The van der Waals surface area contributed by atoms with Crippen LogP contribution in [0.15, 0.2) is 41.3 Å². The Kier molecular flexibility index (Phi) is 7.40. The minimum Gasteiger partial charge on any atom is -0.493 e. The number of carbonyl (C=O) groups excluding carboxylic acids is 1. The lowest BCUT2D eigenvalue weighted by Crippen LogP contribution is -2.36. The molecule has 0 atom stereocenters. The maximum absolute atomic E-state index is 13.1. The highest BCUT2D eigenvalue weighted by atomic mass is 32.2. The van der Waals surface area contributed by atoms with Gasteiger partial charge in [-0.15, -0.1) is 0 Å². The van der Waals surface area contributed by atoms with E-state index < -0.39 is 15.9 Å². The number of carbonyl (C=O) groups is 1. The molecule has 0 spiro atoms. The van der Waals surface area contributed by atoms with Crippen LogP contribution < -0.4 is 19.5 Å².